The number of nitrogens with zero attached hydrogens (tertiary/aromatic N) is 1. The number of benzene rings is 1. The minimum absolute atomic E-state index is 0.0284. The van der Waals surface area contributed by atoms with Crippen molar-refractivity contribution in [3.63, 3.8) is 0 Å². The van der Waals surface area contributed by atoms with Gasteiger partial charge in [-0.3, -0.25) is 4.79 Å². The van der Waals surface area contributed by atoms with E-state index < -0.39 is 0 Å². The van der Waals surface area contributed by atoms with Crippen LogP contribution >= 0.6 is 11.3 Å². The summed E-state index contributed by atoms with van der Waals surface area (Å²) in [4.78, 5) is 16.7. The van der Waals surface area contributed by atoms with Crippen LogP contribution in [-0.4, -0.2) is 10.8 Å². The average molecular weight is 245 g/mol. The van der Waals surface area contributed by atoms with E-state index in [-0.39, 0.29) is 5.78 Å². The van der Waals surface area contributed by atoms with Crippen molar-refractivity contribution in [2.45, 2.75) is 27.7 Å². The van der Waals surface area contributed by atoms with Gasteiger partial charge in [-0.2, -0.15) is 0 Å². The number of ketones is 1. The molecule has 0 saturated carbocycles. The Morgan fingerprint density at radius 3 is 2.29 bits per heavy atom. The third-order valence-electron chi connectivity index (χ3n) is 2.81. The maximum atomic E-state index is 11.5. The largest absolute Gasteiger partial charge is 0.293 e. The summed E-state index contributed by atoms with van der Waals surface area (Å²) in [5, 5.41) is 0. The molecule has 17 heavy (non-hydrogen) atoms. The molecule has 0 atom stereocenters. The van der Waals surface area contributed by atoms with Gasteiger partial charge in [-0.25, -0.2) is 4.98 Å². The summed E-state index contributed by atoms with van der Waals surface area (Å²) >= 11 is 1.53. The van der Waals surface area contributed by atoms with Crippen molar-refractivity contribution in [2.75, 3.05) is 0 Å². The SMILES string of the molecule is CC(=O)c1ncsc1-c1c(C)cc(C)cc1C. The Morgan fingerprint density at radius 2 is 1.76 bits per heavy atom. The molecule has 0 unspecified atom stereocenters. The molecule has 0 spiro atoms. The maximum absolute atomic E-state index is 11.5. The average Bonchev–Trinajstić information content (AvgIpc) is 2.64. The van der Waals surface area contributed by atoms with Gasteiger partial charge in [0.1, 0.15) is 5.69 Å². The van der Waals surface area contributed by atoms with Crippen molar-refractivity contribution in [3.8, 4) is 10.4 Å². The summed E-state index contributed by atoms with van der Waals surface area (Å²) in [7, 11) is 0. The summed E-state index contributed by atoms with van der Waals surface area (Å²) in [5.74, 6) is 0.0284. The highest BCUT2D eigenvalue weighted by Gasteiger charge is 2.16. The number of hydrogen-bond acceptors (Lipinski definition) is 3. The van der Waals surface area contributed by atoms with Crippen molar-refractivity contribution >= 4 is 17.1 Å². The van der Waals surface area contributed by atoms with Gasteiger partial charge >= 0.3 is 0 Å². The van der Waals surface area contributed by atoms with Gasteiger partial charge in [-0.1, -0.05) is 17.7 Å². The maximum Gasteiger partial charge on any atom is 0.179 e. The molecule has 0 N–H and O–H groups in total. The third-order valence-corrected chi connectivity index (χ3v) is 3.65. The predicted octanol–water partition coefficient (Wildman–Crippen LogP) is 3.94. The summed E-state index contributed by atoms with van der Waals surface area (Å²) in [5.41, 5.74) is 7.14. The third kappa shape index (κ3) is 2.15. The first kappa shape index (κ1) is 12.0. The zero-order valence-electron chi connectivity index (χ0n) is 10.5. The van der Waals surface area contributed by atoms with Crippen LogP contribution < -0.4 is 0 Å². The predicted molar refractivity (Wildman–Crippen MR) is 71.8 cm³/mol. The second kappa shape index (κ2) is 4.41. The number of hydrogen-bond donors (Lipinski definition) is 0. The van der Waals surface area contributed by atoms with Gasteiger partial charge in [0, 0.05) is 6.92 Å². The van der Waals surface area contributed by atoms with Crippen LogP contribution in [0.3, 0.4) is 0 Å². The molecule has 1 aromatic heterocycles. The molecule has 0 amide bonds. The van der Waals surface area contributed by atoms with Crippen LogP contribution in [0.2, 0.25) is 0 Å². The van der Waals surface area contributed by atoms with Crippen LogP contribution in [0.25, 0.3) is 10.4 Å². The van der Waals surface area contributed by atoms with E-state index in [1.54, 1.807) is 12.4 Å². The molecule has 0 fully saturated rings. The summed E-state index contributed by atoms with van der Waals surface area (Å²) in [6.07, 6.45) is 0. The molecule has 2 nitrogen and oxygen atoms in total. The van der Waals surface area contributed by atoms with Crippen LogP contribution in [-0.2, 0) is 0 Å². The molecule has 0 radical (unpaired) electrons. The van der Waals surface area contributed by atoms with Gasteiger partial charge in [-0.05, 0) is 37.5 Å². The molecule has 2 aromatic rings. The highest BCUT2D eigenvalue weighted by Crippen LogP contribution is 2.33. The molecule has 0 aliphatic rings. The Labute approximate surface area is 105 Å². The zero-order chi connectivity index (χ0) is 12.6. The molecule has 1 heterocycles. The highest BCUT2D eigenvalue weighted by atomic mass is 32.1. The number of carbonyl (C=O) groups excluding carboxylic acids is 1. The summed E-state index contributed by atoms with van der Waals surface area (Å²) < 4.78 is 0. The molecule has 3 heteroatoms. The van der Waals surface area contributed by atoms with Gasteiger partial charge in [0.25, 0.3) is 0 Å². The van der Waals surface area contributed by atoms with E-state index in [1.807, 2.05) is 0 Å². The summed E-state index contributed by atoms with van der Waals surface area (Å²) in [6.45, 7) is 7.82. The molecule has 1 aromatic carbocycles. The van der Waals surface area contributed by atoms with Crippen LogP contribution in [0.4, 0.5) is 0 Å². The number of Topliss-reactive ketones (excluding diaryl/α,β-unsaturated/α-hetero) is 1. The van der Waals surface area contributed by atoms with E-state index >= 15 is 0 Å². The van der Waals surface area contributed by atoms with Crippen molar-refractivity contribution < 1.29 is 4.79 Å². The van der Waals surface area contributed by atoms with Gasteiger partial charge in [0.2, 0.25) is 0 Å². The molecule has 0 saturated heterocycles. The monoisotopic (exact) mass is 245 g/mol. The molecule has 0 bridgehead atoms. The Bertz CT molecular complexity index is 561. The van der Waals surface area contributed by atoms with Crippen molar-refractivity contribution in [2.24, 2.45) is 0 Å². The quantitative estimate of drug-likeness (QED) is 0.750. The van der Waals surface area contributed by atoms with E-state index in [0.717, 1.165) is 10.4 Å². The molecular formula is C14H15NOS. The van der Waals surface area contributed by atoms with Gasteiger partial charge in [0.15, 0.2) is 5.78 Å². The van der Waals surface area contributed by atoms with Crippen LogP contribution in [0.15, 0.2) is 17.6 Å². The number of aryl methyl sites for hydroxylation is 3. The lowest BCUT2D eigenvalue weighted by atomic mass is 9.97. The standard InChI is InChI=1S/C14H15NOS/c1-8-5-9(2)12(10(3)6-8)14-13(11(4)16)15-7-17-14/h5-7H,1-4H3. The topological polar surface area (TPSA) is 30.0 Å². The second-order valence-corrected chi connectivity index (χ2v) is 5.21. The van der Waals surface area contributed by atoms with Crippen LogP contribution in [0.5, 0.6) is 0 Å². The lowest BCUT2D eigenvalue weighted by Crippen LogP contribution is -1.97. The molecule has 0 aliphatic carbocycles. The van der Waals surface area contributed by atoms with Gasteiger partial charge in [-0.15, -0.1) is 11.3 Å². The number of thiazole rings is 1. The molecule has 2 rings (SSSR count). The minimum atomic E-state index is 0.0284. The highest BCUT2D eigenvalue weighted by molar-refractivity contribution is 7.13. The van der Waals surface area contributed by atoms with Crippen LogP contribution in [0.1, 0.15) is 34.1 Å². The molecular weight excluding hydrogens is 230 g/mol. The first-order valence-corrected chi connectivity index (χ1v) is 6.41. The normalized spacial score (nSPS) is 10.6. The fourth-order valence-electron chi connectivity index (χ4n) is 2.21. The fraction of sp³-hybridized carbons (Fsp3) is 0.286. The fourth-order valence-corrected chi connectivity index (χ4v) is 3.22. The Balaban J connectivity index is 2.69. The van der Waals surface area contributed by atoms with Crippen molar-refractivity contribution in [1.29, 1.82) is 0 Å². The van der Waals surface area contributed by atoms with E-state index in [2.05, 4.69) is 37.9 Å². The number of carbonyl (C=O) groups is 1. The van der Waals surface area contributed by atoms with E-state index in [9.17, 15) is 4.79 Å². The molecule has 88 valence electrons. The van der Waals surface area contributed by atoms with E-state index in [4.69, 9.17) is 0 Å². The van der Waals surface area contributed by atoms with Gasteiger partial charge < -0.3 is 0 Å². The number of aromatic nitrogens is 1. The lowest BCUT2D eigenvalue weighted by molar-refractivity contribution is 0.101. The molecule has 0 aliphatic heterocycles. The Hall–Kier alpha value is -1.48. The first-order valence-electron chi connectivity index (χ1n) is 5.53. The minimum Gasteiger partial charge on any atom is -0.293 e. The van der Waals surface area contributed by atoms with Crippen molar-refractivity contribution in [1.82, 2.24) is 4.98 Å². The Kier molecular flexibility index (Phi) is 3.11. The lowest BCUT2D eigenvalue weighted by Gasteiger charge is -2.10. The Morgan fingerprint density at radius 1 is 1.18 bits per heavy atom. The zero-order valence-corrected chi connectivity index (χ0v) is 11.3. The van der Waals surface area contributed by atoms with E-state index in [1.165, 1.54) is 28.0 Å². The van der Waals surface area contributed by atoms with Crippen LogP contribution in [0, 0.1) is 20.8 Å². The second-order valence-electron chi connectivity index (χ2n) is 4.36. The van der Waals surface area contributed by atoms with E-state index in [0.29, 0.717) is 5.69 Å². The van der Waals surface area contributed by atoms with Gasteiger partial charge in [0.05, 0.1) is 10.4 Å². The smallest absolute Gasteiger partial charge is 0.179 e. The first-order chi connectivity index (χ1) is 8.00. The number of rotatable bonds is 2. The summed E-state index contributed by atoms with van der Waals surface area (Å²) in [6, 6.07) is 4.29. The van der Waals surface area contributed by atoms with Crippen molar-refractivity contribution in [3.05, 3.63) is 40.0 Å².